The third kappa shape index (κ3) is 4.18. The van der Waals surface area contributed by atoms with Crippen molar-refractivity contribution < 1.29 is 41.0 Å². The summed E-state index contributed by atoms with van der Waals surface area (Å²) in [6.45, 7) is -0.498. The molecule has 1 N–H and O–H groups in total. The fraction of sp³-hybridized carbons (Fsp3) is 0.500. The molecule has 1 heterocycles. The van der Waals surface area contributed by atoms with Gasteiger partial charge in [-0.3, -0.25) is 4.79 Å². The smallest absolute Gasteiger partial charge is 0.394 e. The van der Waals surface area contributed by atoms with Gasteiger partial charge in [0.05, 0.1) is 30.4 Å². The van der Waals surface area contributed by atoms with E-state index in [1.54, 1.807) is 0 Å². The number of amides is 1. The number of benzene rings is 1. The molecule has 1 unspecified atom stereocenters. The van der Waals surface area contributed by atoms with Crippen LogP contribution in [-0.4, -0.2) is 48.3 Å². The van der Waals surface area contributed by atoms with Crippen molar-refractivity contribution in [2.24, 2.45) is 0 Å². The fourth-order valence-corrected chi connectivity index (χ4v) is 2.28. The maximum Gasteiger partial charge on any atom is 0.416 e. The second kappa shape index (κ2) is 6.60. The highest BCUT2D eigenvalue weighted by Gasteiger charge is 2.38. The zero-order valence-electron chi connectivity index (χ0n) is 12.1. The number of carbonyl (C=O) groups is 1. The standard InChI is InChI=1S/C14H13F6NO3/c15-13(16,17)9-3-8(4-10(5-9)14(18,19)20)12(23)21-1-2-24-11(6-21)7-22/h3-5,11,22H,1-2,6-7H2. The Labute approximate surface area is 132 Å². The molecule has 1 aliphatic heterocycles. The molecule has 0 radical (unpaired) electrons. The third-order valence-electron chi connectivity index (χ3n) is 3.46. The first-order valence-corrected chi connectivity index (χ1v) is 6.83. The average molecular weight is 357 g/mol. The van der Waals surface area contributed by atoms with E-state index in [1.165, 1.54) is 0 Å². The van der Waals surface area contributed by atoms with Crippen molar-refractivity contribution in [3.05, 3.63) is 34.9 Å². The summed E-state index contributed by atoms with van der Waals surface area (Å²) in [5.41, 5.74) is -3.81. The molecule has 2 rings (SSSR count). The van der Waals surface area contributed by atoms with E-state index >= 15 is 0 Å². The van der Waals surface area contributed by atoms with Gasteiger partial charge in [-0.2, -0.15) is 26.3 Å². The number of morpholine rings is 1. The van der Waals surface area contributed by atoms with E-state index < -0.39 is 47.7 Å². The molecule has 1 aromatic rings. The number of hydrogen-bond donors (Lipinski definition) is 1. The third-order valence-corrected chi connectivity index (χ3v) is 3.46. The fourth-order valence-electron chi connectivity index (χ4n) is 2.28. The second-order valence-electron chi connectivity index (χ2n) is 5.22. The number of rotatable bonds is 2. The Kier molecular flexibility index (Phi) is 5.09. The lowest BCUT2D eigenvalue weighted by atomic mass is 10.0. The Morgan fingerprint density at radius 2 is 1.67 bits per heavy atom. The lowest BCUT2D eigenvalue weighted by molar-refractivity contribution is -0.143. The molecule has 0 bridgehead atoms. The van der Waals surface area contributed by atoms with E-state index in [2.05, 4.69) is 0 Å². The lowest BCUT2D eigenvalue weighted by Crippen LogP contribution is -2.47. The maximum absolute atomic E-state index is 12.8. The number of aliphatic hydroxyl groups is 1. The van der Waals surface area contributed by atoms with Crippen LogP contribution in [0, 0.1) is 0 Å². The van der Waals surface area contributed by atoms with Crippen LogP contribution in [0.4, 0.5) is 26.3 Å². The van der Waals surface area contributed by atoms with Crippen molar-refractivity contribution in [3.63, 3.8) is 0 Å². The average Bonchev–Trinajstić information content (AvgIpc) is 2.52. The van der Waals surface area contributed by atoms with Crippen LogP contribution in [0.5, 0.6) is 0 Å². The van der Waals surface area contributed by atoms with Crippen LogP contribution in [0.1, 0.15) is 21.5 Å². The van der Waals surface area contributed by atoms with Crippen molar-refractivity contribution in [1.82, 2.24) is 4.90 Å². The Morgan fingerprint density at radius 1 is 1.12 bits per heavy atom. The first kappa shape index (κ1) is 18.5. The van der Waals surface area contributed by atoms with Gasteiger partial charge in [-0.15, -0.1) is 0 Å². The molecular weight excluding hydrogens is 344 g/mol. The topological polar surface area (TPSA) is 49.8 Å². The van der Waals surface area contributed by atoms with Crippen molar-refractivity contribution in [2.45, 2.75) is 18.5 Å². The molecule has 134 valence electrons. The molecule has 4 nitrogen and oxygen atoms in total. The minimum Gasteiger partial charge on any atom is -0.394 e. The van der Waals surface area contributed by atoms with Crippen LogP contribution < -0.4 is 0 Å². The van der Waals surface area contributed by atoms with Gasteiger partial charge in [0.2, 0.25) is 0 Å². The monoisotopic (exact) mass is 357 g/mol. The van der Waals surface area contributed by atoms with E-state index in [0.717, 1.165) is 4.90 Å². The highest BCUT2D eigenvalue weighted by atomic mass is 19.4. The van der Waals surface area contributed by atoms with Gasteiger partial charge in [-0.25, -0.2) is 0 Å². The van der Waals surface area contributed by atoms with Gasteiger partial charge in [-0.05, 0) is 18.2 Å². The predicted octanol–water partition coefficient (Wildman–Crippen LogP) is 2.56. The highest BCUT2D eigenvalue weighted by molar-refractivity contribution is 5.94. The van der Waals surface area contributed by atoms with Crippen LogP contribution in [0.25, 0.3) is 0 Å². The van der Waals surface area contributed by atoms with Gasteiger partial charge in [0.1, 0.15) is 0 Å². The first-order valence-electron chi connectivity index (χ1n) is 6.83. The Morgan fingerprint density at radius 3 is 2.12 bits per heavy atom. The predicted molar refractivity (Wildman–Crippen MR) is 69.2 cm³/mol. The summed E-state index contributed by atoms with van der Waals surface area (Å²) in [5.74, 6) is -0.978. The number of halogens is 6. The summed E-state index contributed by atoms with van der Waals surface area (Å²) >= 11 is 0. The van der Waals surface area contributed by atoms with Crippen LogP contribution in [0.3, 0.4) is 0 Å². The molecule has 24 heavy (non-hydrogen) atoms. The molecule has 0 spiro atoms. The summed E-state index contributed by atoms with van der Waals surface area (Å²) in [7, 11) is 0. The minimum atomic E-state index is -5.02. The molecule has 1 aliphatic rings. The lowest BCUT2D eigenvalue weighted by Gasteiger charge is -2.32. The van der Waals surface area contributed by atoms with E-state index in [0.29, 0.717) is 12.1 Å². The van der Waals surface area contributed by atoms with Crippen LogP contribution in [0.2, 0.25) is 0 Å². The molecule has 1 fully saturated rings. The van der Waals surface area contributed by atoms with Gasteiger partial charge >= 0.3 is 12.4 Å². The molecule has 1 atom stereocenters. The summed E-state index contributed by atoms with van der Waals surface area (Å²) in [6, 6.07) is 0.745. The summed E-state index contributed by atoms with van der Waals surface area (Å²) < 4.78 is 82.0. The van der Waals surface area contributed by atoms with E-state index in [9.17, 15) is 31.1 Å². The quantitative estimate of drug-likeness (QED) is 0.828. The first-order chi connectivity index (χ1) is 11.0. The Balaban J connectivity index is 2.39. The second-order valence-corrected chi connectivity index (χ2v) is 5.22. The van der Waals surface area contributed by atoms with Gasteiger partial charge < -0.3 is 14.7 Å². The SMILES string of the molecule is O=C(c1cc(C(F)(F)F)cc(C(F)(F)F)c1)N1CCOC(CO)C1. The Bertz CT molecular complexity index is 581. The molecule has 0 saturated carbocycles. The molecule has 0 aliphatic carbocycles. The molecule has 0 aromatic heterocycles. The van der Waals surface area contributed by atoms with Crippen molar-refractivity contribution in [1.29, 1.82) is 0 Å². The number of hydrogen-bond acceptors (Lipinski definition) is 3. The zero-order valence-corrected chi connectivity index (χ0v) is 12.1. The summed E-state index contributed by atoms with van der Waals surface area (Å²) in [6.07, 6.45) is -10.8. The van der Waals surface area contributed by atoms with E-state index in [1.807, 2.05) is 0 Å². The number of nitrogens with zero attached hydrogens (tertiary/aromatic N) is 1. The molecule has 1 aromatic carbocycles. The van der Waals surface area contributed by atoms with Crippen LogP contribution in [0.15, 0.2) is 18.2 Å². The number of ether oxygens (including phenoxy) is 1. The van der Waals surface area contributed by atoms with Gasteiger partial charge in [-0.1, -0.05) is 0 Å². The number of carbonyl (C=O) groups excluding carboxylic acids is 1. The Hall–Kier alpha value is -1.81. The molecular formula is C14H13F6NO3. The highest BCUT2D eigenvalue weighted by Crippen LogP contribution is 2.36. The molecule has 10 heteroatoms. The van der Waals surface area contributed by atoms with E-state index in [4.69, 9.17) is 9.84 Å². The summed E-state index contributed by atoms with van der Waals surface area (Å²) in [5, 5.41) is 9.00. The van der Waals surface area contributed by atoms with Crippen molar-refractivity contribution >= 4 is 5.91 Å². The zero-order chi connectivity index (χ0) is 18.1. The van der Waals surface area contributed by atoms with Gasteiger partial charge in [0.25, 0.3) is 5.91 Å². The van der Waals surface area contributed by atoms with Crippen LogP contribution >= 0.6 is 0 Å². The number of alkyl halides is 6. The molecule has 1 amide bonds. The normalized spacial score (nSPS) is 19.5. The van der Waals surface area contributed by atoms with E-state index in [-0.39, 0.29) is 25.8 Å². The van der Waals surface area contributed by atoms with Crippen LogP contribution in [-0.2, 0) is 17.1 Å². The van der Waals surface area contributed by atoms with Crippen molar-refractivity contribution in [2.75, 3.05) is 26.3 Å². The molecule has 1 saturated heterocycles. The minimum absolute atomic E-state index is 0.00687. The summed E-state index contributed by atoms with van der Waals surface area (Å²) in [4.78, 5) is 13.3. The van der Waals surface area contributed by atoms with Gasteiger partial charge in [0, 0.05) is 18.7 Å². The number of aliphatic hydroxyl groups excluding tert-OH is 1. The van der Waals surface area contributed by atoms with Crippen molar-refractivity contribution in [3.8, 4) is 0 Å². The van der Waals surface area contributed by atoms with Gasteiger partial charge in [0.15, 0.2) is 0 Å². The largest absolute Gasteiger partial charge is 0.416 e. The maximum atomic E-state index is 12.8.